The van der Waals surface area contributed by atoms with Gasteiger partial charge in [0, 0.05) is 18.1 Å². The lowest BCUT2D eigenvalue weighted by Crippen LogP contribution is -2.13. The molecule has 0 unspecified atom stereocenters. The molecule has 0 saturated heterocycles. The van der Waals surface area contributed by atoms with Crippen LogP contribution < -0.4 is 10.1 Å². The maximum atomic E-state index is 6.19. The molecule has 0 aliphatic heterocycles. The van der Waals surface area contributed by atoms with Gasteiger partial charge in [0.1, 0.15) is 12.4 Å². The Hall–Kier alpha value is -1.33. The first-order valence-electron chi connectivity index (χ1n) is 8.22. The van der Waals surface area contributed by atoms with Gasteiger partial charge in [-0.3, -0.25) is 0 Å². The Labute approximate surface area is 175 Å². The minimum absolute atomic E-state index is 0.530. The summed E-state index contributed by atoms with van der Waals surface area (Å²) in [6.07, 6.45) is 0. The predicted molar refractivity (Wildman–Crippen MR) is 115 cm³/mol. The van der Waals surface area contributed by atoms with Crippen molar-refractivity contribution in [3.05, 3.63) is 97.4 Å². The Balaban J connectivity index is 1.60. The van der Waals surface area contributed by atoms with Crippen molar-refractivity contribution in [2.75, 3.05) is 0 Å². The zero-order valence-electron chi connectivity index (χ0n) is 14.0. The minimum Gasteiger partial charge on any atom is -0.487 e. The zero-order valence-corrected chi connectivity index (χ0v) is 17.9. The fourth-order valence-electron chi connectivity index (χ4n) is 2.57. The standard InChI is InChI=1S/C21H18Br2ClNO/c22-18-10-16(12-25-13-17-8-4-5-9-20(17)24)11-19(23)21(18)26-14-15-6-2-1-3-7-15/h1-11,25H,12-14H2. The molecule has 134 valence electrons. The second-order valence-corrected chi connectivity index (χ2v) is 7.97. The SMILES string of the molecule is Clc1ccccc1CNCc1cc(Br)c(OCc2ccccc2)c(Br)c1. The largest absolute Gasteiger partial charge is 0.487 e. The van der Waals surface area contributed by atoms with E-state index in [0.29, 0.717) is 6.61 Å². The van der Waals surface area contributed by atoms with Crippen molar-refractivity contribution >= 4 is 43.5 Å². The maximum absolute atomic E-state index is 6.19. The summed E-state index contributed by atoms with van der Waals surface area (Å²) in [4.78, 5) is 0. The lowest BCUT2D eigenvalue weighted by molar-refractivity contribution is 0.302. The summed E-state index contributed by atoms with van der Waals surface area (Å²) in [5.74, 6) is 0.809. The van der Waals surface area contributed by atoms with Crippen molar-refractivity contribution in [2.45, 2.75) is 19.7 Å². The maximum Gasteiger partial charge on any atom is 0.148 e. The van der Waals surface area contributed by atoms with E-state index in [-0.39, 0.29) is 0 Å². The van der Waals surface area contributed by atoms with E-state index in [2.05, 4.69) is 61.4 Å². The van der Waals surface area contributed by atoms with Crippen LogP contribution in [0, 0.1) is 0 Å². The van der Waals surface area contributed by atoms with Gasteiger partial charge in [-0.1, -0.05) is 60.1 Å². The highest BCUT2D eigenvalue weighted by atomic mass is 79.9. The van der Waals surface area contributed by atoms with Gasteiger partial charge in [0.05, 0.1) is 8.95 Å². The molecule has 0 aliphatic rings. The van der Waals surface area contributed by atoms with Gasteiger partial charge in [0.15, 0.2) is 0 Å². The highest BCUT2D eigenvalue weighted by Crippen LogP contribution is 2.35. The molecule has 1 N–H and O–H groups in total. The lowest BCUT2D eigenvalue weighted by atomic mass is 10.2. The van der Waals surface area contributed by atoms with Gasteiger partial charge in [0.25, 0.3) is 0 Å². The summed E-state index contributed by atoms with van der Waals surface area (Å²) >= 11 is 13.4. The third-order valence-corrected chi connectivity index (χ3v) is 5.43. The smallest absolute Gasteiger partial charge is 0.148 e. The summed E-state index contributed by atoms with van der Waals surface area (Å²) in [5, 5.41) is 4.21. The van der Waals surface area contributed by atoms with Crippen LogP contribution >= 0.6 is 43.5 Å². The van der Waals surface area contributed by atoms with Gasteiger partial charge in [-0.2, -0.15) is 0 Å². The Morgan fingerprint density at radius 2 is 1.46 bits per heavy atom. The van der Waals surface area contributed by atoms with Crippen molar-refractivity contribution < 1.29 is 4.74 Å². The van der Waals surface area contributed by atoms with Gasteiger partial charge in [0.2, 0.25) is 0 Å². The van der Waals surface area contributed by atoms with Crippen LogP contribution in [0.15, 0.2) is 75.7 Å². The van der Waals surface area contributed by atoms with E-state index >= 15 is 0 Å². The van der Waals surface area contributed by atoms with Crippen LogP contribution in [0.5, 0.6) is 5.75 Å². The van der Waals surface area contributed by atoms with Crippen LogP contribution in [0.25, 0.3) is 0 Å². The van der Waals surface area contributed by atoms with E-state index in [0.717, 1.165) is 49.5 Å². The van der Waals surface area contributed by atoms with Crippen LogP contribution in [-0.2, 0) is 19.7 Å². The second-order valence-electron chi connectivity index (χ2n) is 5.86. The third kappa shape index (κ3) is 5.34. The second kappa shape index (κ2) is 9.56. The number of hydrogen-bond donors (Lipinski definition) is 1. The lowest BCUT2D eigenvalue weighted by Gasteiger charge is -2.13. The van der Waals surface area contributed by atoms with Crippen LogP contribution in [0.1, 0.15) is 16.7 Å². The third-order valence-electron chi connectivity index (χ3n) is 3.89. The zero-order chi connectivity index (χ0) is 18.4. The predicted octanol–water partition coefficient (Wildman–Crippen LogP) is 6.73. The summed E-state index contributed by atoms with van der Waals surface area (Å²) in [6, 6.07) is 22.1. The Kier molecular flexibility index (Phi) is 7.15. The average Bonchev–Trinajstić information content (AvgIpc) is 2.63. The number of hydrogen-bond acceptors (Lipinski definition) is 2. The minimum atomic E-state index is 0.530. The molecule has 0 radical (unpaired) electrons. The van der Waals surface area contributed by atoms with E-state index in [1.54, 1.807) is 0 Å². The molecule has 2 nitrogen and oxygen atoms in total. The quantitative estimate of drug-likeness (QED) is 0.392. The van der Waals surface area contributed by atoms with E-state index in [4.69, 9.17) is 16.3 Å². The summed E-state index contributed by atoms with van der Waals surface area (Å²) < 4.78 is 7.82. The Bertz CT molecular complexity index is 848. The summed E-state index contributed by atoms with van der Waals surface area (Å²) in [5.41, 5.74) is 3.38. The summed E-state index contributed by atoms with van der Waals surface area (Å²) in [6.45, 7) is 1.99. The number of nitrogens with one attached hydrogen (secondary N) is 1. The fourth-order valence-corrected chi connectivity index (χ4v) is 4.28. The molecule has 3 rings (SSSR count). The molecule has 26 heavy (non-hydrogen) atoms. The van der Waals surface area contributed by atoms with Crippen LogP contribution in [0.4, 0.5) is 0 Å². The van der Waals surface area contributed by atoms with Crippen molar-refractivity contribution in [1.29, 1.82) is 0 Å². The molecule has 5 heteroatoms. The van der Waals surface area contributed by atoms with Crippen LogP contribution in [-0.4, -0.2) is 0 Å². The highest BCUT2D eigenvalue weighted by Gasteiger charge is 2.10. The molecule has 0 aromatic heterocycles. The first kappa shape index (κ1) is 19.4. The van der Waals surface area contributed by atoms with Gasteiger partial charge in [-0.15, -0.1) is 0 Å². The van der Waals surface area contributed by atoms with Gasteiger partial charge >= 0.3 is 0 Å². The van der Waals surface area contributed by atoms with Crippen molar-refractivity contribution in [2.24, 2.45) is 0 Å². The number of benzene rings is 3. The molecule has 0 amide bonds. The Morgan fingerprint density at radius 1 is 0.808 bits per heavy atom. The number of halogens is 3. The van der Waals surface area contributed by atoms with E-state index in [1.165, 1.54) is 0 Å². The molecule has 3 aromatic carbocycles. The van der Waals surface area contributed by atoms with Gasteiger partial charge in [-0.05, 0) is 66.7 Å². The molecule has 0 bridgehead atoms. The topological polar surface area (TPSA) is 21.3 Å². The monoisotopic (exact) mass is 493 g/mol. The molecule has 0 saturated carbocycles. The molecule has 0 heterocycles. The summed E-state index contributed by atoms with van der Waals surface area (Å²) in [7, 11) is 0. The molecule has 0 aliphatic carbocycles. The molecule has 0 fully saturated rings. The van der Waals surface area contributed by atoms with Crippen LogP contribution in [0.3, 0.4) is 0 Å². The van der Waals surface area contributed by atoms with Crippen molar-refractivity contribution in [3.8, 4) is 5.75 Å². The Morgan fingerprint density at radius 3 is 2.15 bits per heavy atom. The van der Waals surface area contributed by atoms with Gasteiger partial charge < -0.3 is 10.1 Å². The van der Waals surface area contributed by atoms with Crippen molar-refractivity contribution in [1.82, 2.24) is 5.32 Å². The normalized spacial score (nSPS) is 10.7. The first-order valence-corrected chi connectivity index (χ1v) is 10.2. The molecular weight excluding hydrogens is 477 g/mol. The average molecular weight is 496 g/mol. The van der Waals surface area contributed by atoms with E-state index in [1.807, 2.05) is 42.5 Å². The molecular formula is C21H18Br2ClNO. The first-order chi connectivity index (χ1) is 12.6. The van der Waals surface area contributed by atoms with E-state index < -0.39 is 0 Å². The molecule has 0 atom stereocenters. The number of ether oxygens (including phenoxy) is 1. The molecule has 3 aromatic rings. The highest BCUT2D eigenvalue weighted by molar-refractivity contribution is 9.11. The van der Waals surface area contributed by atoms with Crippen molar-refractivity contribution in [3.63, 3.8) is 0 Å². The van der Waals surface area contributed by atoms with E-state index in [9.17, 15) is 0 Å². The fraction of sp³-hybridized carbons (Fsp3) is 0.143. The number of rotatable bonds is 7. The van der Waals surface area contributed by atoms with Crippen LogP contribution in [0.2, 0.25) is 5.02 Å². The van der Waals surface area contributed by atoms with Gasteiger partial charge in [-0.25, -0.2) is 0 Å². The molecule has 0 spiro atoms.